The van der Waals surface area contributed by atoms with Gasteiger partial charge < -0.3 is 10.4 Å². The van der Waals surface area contributed by atoms with E-state index in [1.807, 2.05) is 6.92 Å². The molecule has 0 radical (unpaired) electrons. The molecule has 1 aromatic rings. The van der Waals surface area contributed by atoms with Gasteiger partial charge in [0.2, 0.25) is 0 Å². The summed E-state index contributed by atoms with van der Waals surface area (Å²) in [5, 5.41) is 13.8. The van der Waals surface area contributed by atoms with Crippen molar-refractivity contribution in [1.29, 1.82) is 0 Å². The van der Waals surface area contributed by atoms with Gasteiger partial charge in [-0.15, -0.1) is 0 Å². The van der Waals surface area contributed by atoms with E-state index >= 15 is 0 Å². The monoisotopic (exact) mass is 267 g/mol. The Morgan fingerprint density at radius 3 is 2.61 bits per heavy atom. The van der Waals surface area contributed by atoms with Gasteiger partial charge in [0.05, 0.1) is 5.56 Å². The minimum atomic E-state index is -0.00498. The first-order valence-electron chi connectivity index (χ1n) is 6.26. The number of carbonyl (C=O) groups excluding carboxylic acids is 1. The zero-order chi connectivity index (χ0) is 13.3. The maximum absolute atomic E-state index is 12.5. The molecule has 1 heterocycles. The SMILES string of the molecule is Cc1cc(O)c(C(=O)C2CCNCC2)c(C)c1Cl. The van der Waals surface area contributed by atoms with Crippen molar-refractivity contribution in [2.75, 3.05) is 13.1 Å². The summed E-state index contributed by atoms with van der Waals surface area (Å²) < 4.78 is 0. The lowest BCUT2D eigenvalue weighted by Crippen LogP contribution is -2.32. The molecule has 2 rings (SSSR count). The number of aromatic hydroxyl groups is 1. The first kappa shape index (κ1) is 13.4. The lowest BCUT2D eigenvalue weighted by molar-refractivity contribution is 0.0891. The molecule has 1 aromatic carbocycles. The summed E-state index contributed by atoms with van der Waals surface area (Å²) in [6.07, 6.45) is 1.65. The number of nitrogens with one attached hydrogen (secondary N) is 1. The summed E-state index contributed by atoms with van der Waals surface area (Å²) in [7, 11) is 0. The number of aryl methyl sites for hydroxylation is 1. The van der Waals surface area contributed by atoms with E-state index in [0.717, 1.165) is 31.5 Å². The summed E-state index contributed by atoms with van der Waals surface area (Å²) in [6, 6.07) is 1.57. The smallest absolute Gasteiger partial charge is 0.170 e. The van der Waals surface area contributed by atoms with E-state index in [1.54, 1.807) is 13.0 Å². The van der Waals surface area contributed by atoms with Gasteiger partial charge >= 0.3 is 0 Å². The van der Waals surface area contributed by atoms with Gasteiger partial charge in [-0.25, -0.2) is 0 Å². The van der Waals surface area contributed by atoms with E-state index in [2.05, 4.69) is 5.32 Å². The molecule has 0 saturated carbocycles. The Kier molecular flexibility index (Phi) is 3.93. The largest absolute Gasteiger partial charge is 0.507 e. The maximum Gasteiger partial charge on any atom is 0.170 e. The quantitative estimate of drug-likeness (QED) is 0.810. The van der Waals surface area contributed by atoms with Crippen molar-refractivity contribution >= 4 is 17.4 Å². The fourth-order valence-corrected chi connectivity index (χ4v) is 2.69. The molecule has 0 aliphatic carbocycles. The van der Waals surface area contributed by atoms with Crippen LogP contribution in [-0.2, 0) is 0 Å². The Hall–Kier alpha value is -1.06. The van der Waals surface area contributed by atoms with E-state index in [1.165, 1.54) is 0 Å². The normalized spacial score (nSPS) is 16.8. The zero-order valence-corrected chi connectivity index (χ0v) is 11.5. The van der Waals surface area contributed by atoms with E-state index in [9.17, 15) is 9.90 Å². The number of hydrogen-bond acceptors (Lipinski definition) is 3. The van der Waals surface area contributed by atoms with Crippen molar-refractivity contribution in [2.45, 2.75) is 26.7 Å². The van der Waals surface area contributed by atoms with Crippen molar-refractivity contribution in [3.05, 3.63) is 27.8 Å². The third-order valence-corrected chi connectivity index (χ3v) is 4.20. The van der Waals surface area contributed by atoms with E-state index < -0.39 is 0 Å². The summed E-state index contributed by atoms with van der Waals surface area (Å²) in [5.74, 6) is 0.0703. The third kappa shape index (κ3) is 2.38. The third-order valence-electron chi connectivity index (χ3n) is 3.62. The highest BCUT2D eigenvalue weighted by atomic mass is 35.5. The molecule has 98 valence electrons. The van der Waals surface area contributed by atoms with Crippen LogP contribution >= 0.6 is 11.6 Å². The topological polar surface area (TPSA) is 49.3 Å². The van der Waals surface area contributed by atoms with Crippen LogP contribution in [0.3, 0.4) is 0 Å². The molecule has 0 aromatic heterocycles. The van der Waals surface area contributed by atoms with Gasteiger partial charge in [0.15, 0.2) is 5.78 Å². The molecule has 1 fully saturated rings. The van der Waals surface area contributed by atoms with Crippen molar-refractivity contribution in [2.24, 2.45) is 5.92 Å². The molecule has 0 atom stereocenters. The first-order chi connectivity index (χ1) is 8.52. The molecule has 1 saturated heterocycles. The summed E-state index contributed by atoms with van der Waals surface area (Å²) in [4.78, 5) is 12.5. The first-order valence-corrected chi connectivity index (χ1v) is 6.63. The number of Topliss-reactive ketones (excluding diaryl/α,β-unsaturated/α-hetero) is 1. The number of benzene rings is 1. The van der Waals surface area contributed by atoms with Gasteiger partial charge in [-0.1, -0.05) is 11.6 Å². The van der Waals surface area contributed by atoms with Gasteiger partial charge in [0.1, 0.15) is 5.75 Å². The molecular weight excluding hydrogens is 250 g/mol. The molecule has 0 spiro atoms. The molecule has 1 aliphatic rings. The minimum Gasteiger partial charge on any atom is -0.507 e. The zero-order valence-electron chi connectivity index (χ0n) is 10.7. The molecule has 0 bridgehead atoms. The van der Waals surface area contributed by atoms with Crippen molar-refractivity contribution in [3.63, 3.8) is 0 Å². The Bertz CT molecular complexity index is 479. The van der Waals surface area contributed by atoms with Crippen LogP contribution < -0.4 is 5.32 Å². The molecule has 2 N–H and O–H groups in total. The van der Waals surface area contributed by atoms with Crippen LogP contribution in [0.4, 0.5) is 0 Å². The molecule has 18 heavy (non-hydrogen) atoms. The van der Waals surface area contributed by atoms with Crippen LogP contribution in [-0.4, -0.2) is 24.0 Å². The molecule has 1 aliphatic heterocycles. The summed E-state index contributed by atoms with van der Waals surface area (Å²) >= 11 is 6.16. The molecule has 0 unspecified atom stereocenters. The number of phenols is 1. The van der Waals surface area contributed by atoms with Gasteiger partial charge in [-0.05, 0) is 57.0 Å². The number of piperidine rings is 1. The minimum absolute atomic E-state index is 0.00498. The Balaban J connectivity index is 2.38. The Morgan fingerprint density at radius 2 is 2.00 bits per heavy atom. The summed E-state index contributed by atoms with van der Waals surface area (Å²) in [5.41, 5.74) is 1.89. The molecule has 3 nitrogen and oxygen atoms in total. The number of carbonyl (C=O) groups is 1. The predicted molar refractivity (Wildman–Crippen MR) is 72.5 cm³/mol. The van der Waals surface area contributed by atoms with Crippen LogP contribution in [0.5, 0.6) is 5.75 Å². The van der Waals surface area contributed by atoms with E-state index in [4.69, 9.17) is 11.6 Å². The number of ketones is 1. The van der Waals surface area contributed by atoms with E-state index in [-0.39, 0.29) is 17.5 Å². The second-order valence-electron chi connectivity index (χ2n) is 4.92. The lowest BCUT2D eigenvalue weighted by Gasteiger charge is -2.23. The second-order valence-corrected chi connectivity index (χ2v) is 5.29. The van der Waals surface area contributed by atoms with Crippen molar-refractivity contribution in [3.8, 4) is 5.75 Å². The van der Waals surface area contributed by atoms with E-state index in [0.29, 0.717) is 16.1 Å². The number of rotatable bonds is 2. The predicted octanol–water partition coefficient (Wildman–Crippen LogP) is 2.84. The maximum atomic E-state index is 12.5. The van der Waals surface area contributed by atoms with Crippen LogP contribution in [0, 0.1) is 19.8 Å². The molecular formula is C14H18ClNO2. The van der Waals surface area contributed by atoms with Crippen LogP contribution in [0.2, 0.25) is 5.02 Å². The standard InChI is InChI=1S/C14H18ClNO2/c1-8-7-11(17)12(9(2)13(8)15)14(18)10-3-5-16-6-4-10/h7,10,16-17H,3-6H2,1-2H3. The second kappa shape index (κ2) is 5.29. The van der Waals surface area contributed by atoms with Gasteiger partial charge in [-0.2, -0.15) is 0 Å². The molecule has 0 amide bonds. The fraction of sp³-hybridized carbons (Fsp3) is 0.500. The van der Waals surface area contributed by atoms with Gasteiger partial charge in [-0.3, -0.25) is 4.79 Å². The highest BCUT2D eigenvalue weighted by Gasteiger charge is 2.26. The highest BCUT2D eigenvalue weighted by Crippen LogP contribution is 2.33. The van der Waals surface area contributed by atoms with Gasteiger partial charge in [0, 0.05) is 10.9 Å². The fourth-order valence-electron chi connectivity index (χ4n) is 2.54. The lowest BCUT2D eigenvalue weighted by atomic mass is 9.87. The average Bonchev–Trinajstić information content (AvgIpc) is 2.37. The average molecular weight is 268 g/mol. The van der Waals surface area contributed by atoms with Crippen molar-refractivity contribution < 1.29 is 9.90 Å². The Labute approximate surface area is 112 Å². The van der Waals surface area contributed by atoms with Gasteiger partial charge in [0.25, 0.3) is 0 Å². The molecule has 4 heteroatoms. The Morgan fingerprint density at radius 1 is 1.39 bits per heavy atom. The number of hydrogen-bond donors (Lipinski definition) is 2. The number of halogens is 1. The summed E-state index contributed by atoms with van der Waals surface area (Å²) in [6.45, 7) is 5.34. The van der Waals surface area contributed by atoms with Crippen LogP contribution in [0.25, 0.3) is 0 Å². The van der Waals surface area contributed by atoms with Crippen LogP contribution in [0.1, 0.15) is 34.3 Å². The van der Waals surface area contributed by atoms with Crippen LogP contribution in [0.15, 0.2) is 6.07 Å². The number of phenolic OH excluding ortho intramolecular Hbond substituents is 1. The highest BCUT2D eigenvalue weighted by molar-refractivity contribution is 6.32. The van der Waals surface area contributed by atoms with Crippen molar-refractivity contribution in [1.82, 2.24) is 5.32 Å².